The van der Waals surface area contributed by atoms with E-state index in [0.29, 0.717) is 6.54 Å². The Labute approximate surface area is 120 Å². The summed E-state index contributed by atoms with van der Waals surface area (Å²) in [4.78, 5) is 23.3. The van der Waals surface area contributed by atoms with E-state index in [2.05, 4.69) is 5.32 Å². The molecule has 1 amide bonds. The number of carbonyl (C=O) groups excluding carboxylic acids is 1. The van der Waals surface area contributed by atoms with Crippen molar-refractivity contribution < 1.29 is 14.7 Å². The molecule has 1 heterocycles. The average Bonchev–Trinajstić information content (AvgIpc) is 2.96. The molecule has 0 radical (unpaired) electrons. The van der Waals surface area contributed by atoms with E-state index in [-0.39, 0.29) is 11.5 Å². The Hall–Kier alpha value is -2.40. The van der Waals surface area contributed by atoms with Gasteiger partial charge in [-0.3, -0.25) is 4.79 Å². The van der Waals surface area contributed by atoms with Crippen molar-refractivity contribution in [2.24, 2.45) is 0 Å². The molecule has 2 N–H and O–H groups in total. The summed E-state index contributed by atoms with van der Waals surface area (Å²) in [5, 5.41) is 13.5. The molecule has 4 nitrogen and oxygen atoms in total. The number of benzene rings is 1. The molecule has 0 aliphatic carbocycles. The van der Waals surface area contributed by atoms with Gasteiger partial charge in [-0.05, 0) is 35.2 Å². The molecule has 0 atom stereocenters. The summed E-state index contributed by atoms with van der Waals surface area (Å²) in [6.07, 6.45) is 3.24. The highest BCUT2D eigenvalue weighted by Gasteiger charge is 2.02. The second-order valence-corrected chi connectivity index (χ2v) is 5.05. The molecule has 0 fully saturated rings. The quantitative estimate of drug-likeness (QED) is 0.831. The minimum Gasteiger partial charge on any atom is -0.478 e. The highest BCUT2D eigenvalue weighted by molar-refractivity contribution is 7.10. The number of carboxylic acid groups (broad SMARTS) is 1. The molecule has 0 unspecified atom stereocenters. The van der Waals surface area contributed by atoms with Crippen LogP contribution in [0.5, 0.6) is 0 Å². The Morgan fingerprint density at radius 1 is 1.20 bits per heavy atom. The van der Waals surface area contributed by atoms with Gasteiger partial charge in [0.25, 0.3) is 0 Å². The number of carboxylic acids is 1. The lowest BCUT2D eigenvalue weighted by Gasteiger charge is -2.03. The van der Waals surface area contributed by atoms with Crippen molar-refractivity contribution in [3.8, 4) is 0 Å². The van der Waals surface area contributed by atoms with E-state index >= 15 is 0 Å². The summed E-state index contributed by atoms with van der Waals surface area (Å²) >= 11 is 1.56. The molecule has 20 heavy (non-hydrogen) atoms. The maximum atomic E-state index is 11.6. The van der Waals surface area contributed by atoms with Crippen LogP contribution in [0.25, 0.3) is 6.08 Å². The number of hydrogen-bond acceptors (Lipinski definition) is 3. The number of nitrogens with one attached hydrogen (secondary N) is 1. The standard InChI is InChI=1S/C15H13NO3S/c17-14(8-7-13-2-1-9-20-13)16-10-11-3-5-12(6-4-11)15(18)19/h1-9H,10H2,(H,16,17)(H,18,19)/b8-7+. The highest BCUT2D eigenvalue weighted by Crippen LogP contribution is 2.10. The maximum absolute atomic E-state index is 11.6. The van der Waals surface area contributed by atoms with Crippen LogP contribution in [0.2, 0.25) is 0 Å². The van der Waals surface area contributed by atoms with E-state index in [1.165, 1.54) is 18.2 Å². The van der Waals surface area contributed by atoms with E-state index in [9.17, 15) is 9.59 Å². The summed E-state index contributed by atoms with van der Waals surface area (Å²) in [5.74, 6) is -1.14. The van der Waals surface area contributed by atoms with E-state index in [4.69, 9.17) is 5.11 Å². The molecular weight excluding hydrogens is 274 g/mol. The largest absolute Gasteiger partial charge is 0.478 e. The number of thiophene rings is 1. The fourth-order valence-corrected chi connectivity index (χ4v) is 2.18. The van der Waals surface area contributed by atoms with Crippen LogP contribution in [-0.4, -0.2) is 17.0 Å². The molecule has 1 aromatic heterocycles. The summed E-state index contributed by atoms with van der Waals surface area (Å²) in [6, 6.07) is 10.3. The van der Waals surface area contributed by atoms with Crippen molar-refractivity contribution >= 4 is 29.3 Å². The molecule has 5 heteroatoms. The number of carbonyl (C=O) groups is 2. The van der Waals surface area contributed by atoms with Crippen molar-refractivity contribution in [3.05, 3.63) is 63.9 Å². The summed E-state index contributed by atoms with van der Waals surface area (Å²) in [5.41, 5.74) is 1.09. The van der Waals surface area contributed by atoms with Gasteiger partial charge in [0.15, 0.2) is 0 Å². The lowest BCUT2D eigenvalue weighted by atomic mass is 10.1. The second kappa shape index (κ2) is 6.68. The van der Waals surface area contributed by atoms with Gasteiger partial charge in [0.2, 0.25) is 5.91 Å². The van der Waals surface area contributed by atoms with Crippen molar-refractivity contribution in [1.82, 2.24) is 5.32 Å². The SMILES string of the molecule is O=C(/C=C/c1cccs1)NCc1ccc(C(=O)O)cc1. The minimum atomic E-state index is -0.959. The Morgan fingerprint density at radius 2 is 1.95 bits per heavy atom. The third-order valence-corrected chi connectivity index (χ3v) is 3.45. The molecule has 102 valence electrons. The fourth-order valence-electron chi connectivity index (χ4n) is 1.56. The zero-order valence-electron chi connectivity index (χ0n) is 10.6. The lowest BCUT2D eigenvalue weighted by Crippen LogP contribution is -2.20. The van der Waals surface area contributed by atoms with Crippen molar-refractivity contribution in [2.75, 3.05) is 0 Å². The topological polar surface area (TPSA) is 66.4 Å². The number of rotatable bonds is 5. The van der Waals surface area contributed by atoms with Crippen LogP contribution in [0.3, 0.4) is 0 Å². The fraction of sp³-hybridized carbons (Fsp3) is 0.0667. The first kappa shape index (κ1) is 14.0. The van der Waals surface area contributed by atoms with Crippen LogP contribution in [-0.2, 0) is 11.3 Å². The molecule has 0 aliphatic heterocycles. The average molecular weight is 287 g/mol. The molecule has 0 spiro atoms. The molecule has 2 aromatic rings. The van der Waals surface area contributed by atoms with E-state index in [0.717, 1.165) is 10.4 Å². The van der Waals surface area contributed by atoms with E-state index in [1.807, 2.05) is 17.5 Å². The summed E-state index contributed by atoms with van der Waals surface area (Å²) in [6.45, 7) is 0.369. The molecule has 2 rings (SSSR count). The Morgan fingerprint density at radius 3 is 2.55 bits per heavy atom. The zero-order valence-corrected chi connectivity index (χ0v) is 11.4. The first-order valence-electron chi connectivity index (χ1n) is 5.97. The van der Waals surface area contributed by atoms with Gasteiger partial charge in [-0.15, -0.1) is 11.3 Å². The Kier molecular flexibility index (Phi) is 4.68. The van der Waals surface area contributed by atoms with Crippen LogP contribution in [0.4, 0.5) is 0 Å². The summed E-state index contributed by atoms with van der Waals surface area (Å²) < 4.78 is 0. The van der Waals surface area contributed by atoms with Gasteiger partial charge >= 0.3 is 5.97 Å². The van der Waals surface area contributed by atoms with Crippen LogP contribution in [0, 0.1) is 0 Å². The molecule has 0 bridgehead atoms. The third kappa shape index (κ3) is 4.07. The predicted molar refractivity (Wildman–Crippen MR) is 78.6 cm³/mol. The number of amides is 1. The molecule has 0 saturated carbocycles. The summed E-state index contributed by atoms with van der Waals surface area (Å²) in [7, 11) is 0. The second-order valence-electron chi connectivity index (χ2n) is 4.07. The monoisotopic (exact) mass is 287 g/mol. The third-order valence-electron chi connectivity index (χ3n) is 2.61. The van der Waals surface area contributed by atoms with Crippen LogP contribution >= 0.6 is 11.3 Å². The van der Waals surface area contributed by atoms with Gasteiger partial charge in [-0.2, -0.15) is 0 Å². The predicted octanol–water partition coefficient (Wildman–Crippen LogP) is 2.78. The number of hydrogen-bond donors (Lipinski definition) is 2. The van der Waals surface area contributed by atoms with Crippen LogP contribution in [0.15, 0.2) is 47.9 Å². The first-order chi connectivity index (χ1) is 9.65. The van der Waals surface area contributed by atoms with Gasteiger partial charge in [-0.1, -0.05) is 18.2 Å². The van der Waals surface area contributed by atoms with Gasteiger partial charge < -0.3 is 10.4 Å². The van der Waals surface area contributed by atoms with Crippen LogP contribution in [0.1, 0.15) is 20.8 Å². The Bertz CT molecular complexity index is 615. The number of aromatic carboxylic acids is 1. The van der Waals surface area contributed by atoms with Crippen LogP contribution < -0.4 is 5.32 Å². The van der Waals surface area contributed by atoms with Gasteiger partial charge in [0.05, 0.1) is 5.56 Å². The van der Waals surface area contributed by atoms with Crippen molar-refractivity contribution in [1.29, 1.82) is 0 Å². The maximum Gasteiger partial charge on any atom is 0.335 e. The first-order valence-corrected chi connectivity index (χ1v) is 6.85. The lowest BCUT2D eigenvalue weighted by molar-refractivity contribution is -0.116. The molecule has 1 aromatic carbocycles. The Balaban J connectivity index is 1.85. The smallest absolute Gasteiger partial charge is 0.335 e. The minimum absolute atomic E-state index is 0.180. The highest BCUT2D eigenvalue weighted by atomic mass is 32.1. The molecule has 0 aliphatic rings. The van der Waals surface area contributed by atoms with Gasteiger partial charge in [0.1, 0.15) is 0 Å². The molecule has 0 saturated heterocycles. The normalized spacial score (nSPS) is 10.6. The van der Waals surface area contributed by atoms with E-state index in [1.54, 1.807) is 29.5 Å². The molecular formula is C15H13NO3S. The van der Waals surface area contributed by atoms with Crippen molar-refractivity contribution in [2.45, 2.75) is 6.54 Å². The van der Waals surface area contributed by atoms with Gasteiger partial charge in [-0.25, -0.2) is 4.79 Å². The van der Waals surface area contributed by atoms with Gasteiger partial charge in [0, 0.05) is 17.5 Å². The van der Waals surface area contributed by atoms with E-state index < -0.39 is 5.97 Å². The van der Waals surface area contributed by atoms with Crippen molar-refractivity contribution in [3.63, 3.8) is 0 Å². The zero-order chi connectivity index (χ0) is 14.4.